The summed E-state index contributed by atoms with van der Waals surface area (Å²) in [5.41, 5.74) is 2.77. The Morgan fingerprint density at radius 2 is 2.12 bits per heavy atom. The lowest BCUT2D eigenvalue weighted by molar-refractivity contribution is -0.125. The largest absolute Gasteiger partial charge is 0.508 e. The third kappa shape index (κ3) is 2.99. The summed E-state index contributed by atoms with van der Waals surface area (Å²) in [4.78, 5) is 17.4. The predicted molar refractivity (Wildman–Crippen MR) is 104 cm³/mol. The number of nitrogens with zero attached hydrogens (tertiary/aromatic N) is 1. The van der Waals surface area contributed by atoms with Crippen molar-refractivity contribution in [1.29, 1.82) is 0 Å². The molecule has 0 saturated carbocycles. The Morgan fingerprint density at radius 1 is 1.31 bits per heavy atom. The second-order valence-corrected chi connectivity index (χ2v) is 7.91. The van der Waals surface area contributed by atoms with Crippen molar-refractivity contribution in [3.8, 4) is 5.75 Å². The fourth-order valence-corrected chi connectivity index (χ4v) is 4.40. The van der Waals surface area contributed by atoms with E-state index in [4.69, 9.17) is 0 Å². The first kappa shape index (κ1) is 16.8. The second kappa shape index (κ2) is 6.57. The van der Waals surface area contributed by atoms with Gasteiger partial charge >= 0.3 is 0 Å². The molecule has 0 saturated heterocycles. The van der Waals surface area contributed by atoms with Crippen molar-refractivity contribution >= 4 is 22.4 Å². The Balaban J connectivity index is 1.71. The van der Waals surface area contributed by atoms with Gasteiger partial charge in [-0.05, 0) is 48.6 Å². The molecule has 5 heteroatoms. The van der Waals surface area contributed by atoms with E-state index in [2.05, 4.69) is 22.4 Å². The molecule has 0 fully saturated rings. The molecule has 1 aliphatic carbocycles. The maximum atomic E-state index is 13.2. The number of thiazole rings is 1. The predicted octanol–water partition coefficient (Wildman–Crippen LogP) is 4.38. The summed E-state index contributed by atoms with van der Waals surface area (Å²) in [5.74, 6) is 0.211. The van der Waals surface area contributed by atoms with Crippen molar-refractivity contribution in [2.24, 2.45) is 5.41 Å². The van der Waals surface area contributed by atoms with Crippen molar-refractivity contribution in [2.45, 2.75) is 25.7 Å². The molecule has 2 atom stereocenters. The first-order valence-corrected chi connectivity index (χ1v) is 9.51. The van der Waals surface area contributed by atoms with Gasteiger partial charge in [0.2, 0.25) is 5.91 Å². The number of phenols is 1. The lowest BCUT2D eigenvalue weighted by atomic mass is 9.74. The third-order valence-corrected chi connectivity index (χ3v) is 5.97. The molecule has 3 aromatic rings. The molecule has 1 amide bonds. The molecule has 1 aromatic heterocycles. The third-order valence-electron chi connectivity index (χ3n) is 5.29. The van der Waals surface area contributed by atoms with E-state index in [-0.39, 0.29) is 17.6 Å². The van der Waals surface area contributed by atoms with Crippen LogP contribution in [0.25, 0.3) is 0 Å². The Labute approximate surface area is 156 Å². The van der Waals surface area contributed by atoms with Crippen molar-refractivity contribution in [2.75, 3.05) is 5.32 Å². The van der Waals surface area contributed by atoms with Crippen LogP contribution in [0.3, 0.4) is 0 Å². The molecule has 26 heavy (non-hydrogen) atoms. The molecule has 1 heterocycles. The number of carbonyl (C=O) groups is 1. The standard InChI is InChI=1S/C21H20N2O2S/c1-21(19(25)23-20-22-9-10-26-20)13-15-7-8-16(24)12-17(15)18(21)11-14-5-3-2-4-6-14/h2-10,12,18,24H,11,13H2,1H3,(H,22,23,25)/t18-,21+/m0/s1. The van der Waals surface area contributed by atoms with Crippen LogP contribution >= 0.6 is 11.3 Å². The number of nitrogens with one attached hydrogen (secondary N) is 1. The number of carbonyl (C=O) groups excluding carboxylic acids is 1. The van der Waals surface area contributed by atoms with Crippen molar-refractivity contribution in [3.05, 3.63) is 76.8 Å². The molecule has 132 valence electrons. The van der Waals surface area contributed by atoms with Crippen molar-refractivity contribution in [1.82, 2.24) is 4.98 Å². The zero-order valence-corrected chi connectivity index (χ0v) is 15.3. The minimum atomic E-state index is -0.600. The maximum Gasteiger partial charge on any atom is 0.233 e. The van der Waals surface area contributed by atoms with Gasteiger partial charge in [0.15, 0.2) is 5.13 Å². The molecule has 4 nitrogen and oxygen atoms in total. The molecule has 0 bridgehead atoms. The summed E-state index contributed by atoms with van der Waals surface area (Å²) in [6.45, 7) is 2.01. The number of aromatic hydroxyl groups is 1. The van der Waals surface area contributed by atoms with Gasteiger partial charge in [0.1, 0.15) is 5.75 Å². The molecule has 0 aliphatic heterocycles. The number of rotatable bonds is 4. The Hall–Kier alpha value is -2.66. The van der Waals surface area contributed by atoms with E-state index in [1.165, 1.54) is 16.9 Å². The second-order valence-electron chi connectivity index (χ2n) is 7.01. The van der Waals surface area contributed by atoms with Crippen LogP contribution in [-0.4, -0.2) is 16.0 Å². The fourth-order valence-electron chi connectivity index (χ4n) is 3.88. The van der Waals surface area contributed by atoms with Gasteiger partial charge in [0.05, 0.1) is 5.41 Å². The van der Waals surface area contributed by atoms with E-state index in [1.807, 2.05) is 42.6 Å². The highest BCUT2D eigenvalue weighted by Crippen LogP contribution is 2.50. The van der Waals surface area contributed by atoms with Gasteiger partial charge < -0.3 is 10.4 Å². The van der Waals surface area contributed by atoms with E-state index >= 15 is 0 Å². The molecule has 0 unspecified atom stereocenters. The molecule has 1 aliphatic rings. The van der Waals surface area contributed by atoms with Crippen LogP contribution in [0.5, 0.6) is 5.75 Å². The van der Waals surface area contributed by atoms with Crippen LogP contribution in [-0.2, 0) is 17.6 Å². The average Bonchev–Trinajstić information content (AvgIpc) is 3.24. The van der Waals surface area contributed by atoms with E-state index in [0.29, 0.717) is 11.6 Å². The number of hydrogen-bond acceptors (Lipinski definition) is 4. The van der Waals surface area contributed by atoms with Crippen molar-refractivity contribution in [3.63, 3.8) is 0 Å². The number of phenolic OH excluding ortho intramolecular Hbond substituents is 1. The summed E-state index contributed by atoms with van der Waals surface area (Å²) in [7, 11) is 0. The van der Waals surface area contributed by atoms with Gasteiger partial charge in [-0.1, -0.05) is 36.4 Å². The highest BCUT2D eigenvalue weighted by Gasteiger charge is 2.48. The smallest absolute Gasteiger partial charge is 0.233 e. The number of amides is 1. The van der Waals surface area contributed by atoms with Crippen LogP contribution in [0.1, 0.15) is 29.5 Å². The molecule has 4 rings (SSSR count). The highest BCUT2D eigenvalue weighted by atomic mass is 32.1. The number of aromatic nitrogens is 1. The summed E-state index contributed by atoms with van der Waals surface area (Å²) >= 11 is 1.42. The quantitative estimate of drug-likeness (QED) is 0.722. The Kier molecular flexibility index (Phi) is 4.24. The number of fused-ring (bicyclic) bond motifs is 1. The SMILES string of the molecule is C[C@@]1(C(=O)Nc2nccs2)Cc2ccc(O)cc2[C@@H]1Cc1ccccc1. The topological polar surface area (TPSA) is 62.2 Å². The van der Waals surface area contributed by atoms with Crippen LogP contribution in [0, 0.1) is 5.41 Å². The molecule has 2 aromatic carbocycles. The van der Waals surface area contributed by atoms with Gasteiger partial charge in [0, 0.05) is 17.5 Å². The summed E-state index contributed by atoms with van der Waals surface area (Å²) < 4.78 is 0. The van der Waals surface area contributed by atoms with Gasteiger partial charge in [-0.15, -0.1) is 11.3 Å². The normalized spacial score (nSPS) is 21.3. The van der Waals surface area contributed by atoms with Gasteiger partial charge in [-0.2, -0.15) is 0 Å². The zero-order valence-electron chi connectivity index (χ0n) is 14.5. The average molecular weight is 364 g/mol. The molecule has 0 spiro atoms. The van der Waals surface area contributed by atoms with Crippen molar-refractivity contribution < 1.29 is 9.90 Å². The Morgan fingerprint density at radius 3 is 2.85 bits per heavy atom. The highest BCUT2D eigenvalue weighted by molar-refractivity contribution is 7.13. The van der Waals surface area contributed by atoms with E-state index in [9.17, 15) is 9.90 Å². The minimum Gasteiger partial charge on any atom is -0.508 e. The summed E-state index contributed by atoms with van der Waals surface area (Å²) in [6.07, 6.45) is 3.09. The van der Waals surface area contributed by atoms with E-state index in [1.54, 1.807) is 12.3 Å². The van der Waals surface area contributed by atoms with Gasteiger partial charge in [-0.25, -0.2) is 4.98 Å². The van der Waals surface area contributed by atoms with E-state index < -0.39 is 5.41 Å². The minimum absolute atomic E-state index is 0.00744. The summed E-state index contributed by atoms with van der Waals surface area (Å²) in [5, 5.41) is 15.4. The number of anilines is 1. The van der Waals surface area contributed by atoms with Gasteiger partial charge in [0.25, 0.3) is 0 Å². The Bertz CT molecular complexity index is 924. The van der Waals surface area contributed by atoms with Crippen LogP contribution < -0.4 is 5.32 Å². The van der Waals surface area contributed by atoms with Crippen LogP contribution in [0.2, 0.25) is 0 Å². The molecular weight excluding hydrogens is 344 g/mol. The molecule has 0 radical (unpaired) electrons. The zero-order chi connectivity index (χ0) is 18.1. The summed E-state index contributed by atoms with van der Waals surface area (Å²) in [6, 6.07) is 15.6. The van der Waals surface area contributed by atoms with Crippen LogP contribution in [0.4, 0.5) is 5.13 Å². The van der Waals surface area contributed by atoms with Gasteiger partial charge in [-0.3, -0.25) is 4.79 Å². The fraction of sp³-hybridized carbons (Fsp3) is 0.238. The lowest BCUT2D eigenvalue weighted by Crippen LogP contribution is -2.38. The first-order chi connectivity index (χ1) is 12.6. The van der Waals surface area contributed by atoms with E-state index in [0.717, 1.165) is 17.5 Å². The maximum absolute atomic E-state index is 13.2. The molecular formula is C21H20N2O2S. The number of benzene rings is 2. The monoisotopic (exact) mass is 364 g/mol. The first-order valence-electron chi connectivity index (χ1n) is 8.63. The van der Waals surface area contributed by atoms with Crippen LogP contribution in [0.15, 0.2) is 60.1 Å². The lowest BCUT2D eigenvalue weighted by Gasteiger charge is -2.30. The number of hydrogen-bond donors (Lipinski definition) is 2. The molecule has 2 N–H and O–H groups in total.